The zero-order valence-electron chi connectivity index (χ0n) is 19.2. The molecule has 2 aromatic carbocycles. The molecule has 0 aliphatic rings. The van der Waals surface area contributed by atoms with Crippen molar-refractivity contribution in [1.82, 2.24) is 14.9 Å². The van der Waals surface area contributed by atoms with Crippen molar-refractivity contribution in [1.29, 1.82) is 0 Å². The number of unbranched alkanes of at least 4 members (excludes halogenated alkanes) is 1. The summed E-state index contributed by atoms with van der Waals surface area (Å²) >= 11 is 0. The smallest absolute Gasteiger partial charge is 0.251 e. The Morgan fingerprint density at radius 1 is 1.12 bits per heavy atom. The number of rotatable bonds is 12. The van der Waals surface area contributed by atoms with Crippen LogP contribution in [0.4, 0.5) is 0 Å². The molecule has 0 aliphatic heterocycles. The molecule has 1 amide bonds. The minimum absolute atomic E-state index is 0.00102. The van der Waals surface area contributed by atoms with Gasteiger partial charge in [0.05, 0.1) is 11.9 Å². The lowest BCUT2D eigenvalue weighted by molar-refractivity contribution is 0.0951. The molecular weight excluding hydrogens is 418 g/mol. The molecular formula is C26H31N3O4. The molecule has 0 aliphatic carbocycles. The lowest BCUT2D eigenvalue weighted by Gasteiger charge is -2.15. The van der Waals surface area contributed by atoms with Gasteiger partial charge in [0, 0.05) is 36.6 Å². The third-order valence-corrected chi connectivity index (χ3v) is 5.42. The highest BCUT2D eigenvalue weighted by molar-refractivity contribution is 5.97. The summed E-state index contributed by atoms with van der Waals surface area (Å²) in [6.45, 7) is 5.25. The standard InChI is InChI=1S/C26H31N3O4/c1-3-6-23-24(12-11-22(19(2)30)25(23)31)33-17-20-7-9-21(10-8-20)26(32)28-13-4-5-15-29-16-14-27-18-29/h7-12,14,16,18,31H,3-6,13,15,17H2,1-2H3,(H,28,32). The van der Waals surface area contributed by atoms with Gasteiger partial charge in [0.2, 0.25) is 0 Å². The van der Waals surface area contributed by atoms with Crippen molar-refractivity contribution >= 4 is 11.7 Å². The molecule has 0 saturated carbocycles. The minimum Gasteiger partial charge on any atom is -0.507 e. The second kappa shape index (κ2) is 11.9. The maximum absolute atomic E-state index is 12.4. The Labute approximate surface area is 194 Å². The largest absolute Gasteiger partial charge is 0.507 e. The molecule has 0 atom stereocenters. The normalized spacial score (nSPS) is 10.7. The van der Waals surface area contributed by atoms with Crippen LogP contribution in [-0.4, -0.2) is 32.9 Å². The number of benzene rings is 2. The number of ether oxygens (including phenoxy) is 1. The van der Waals surface area contributed by atoms with Crippen molar-refractivity contribution < 1.29 is 19.4 Å². The SMILES string of the molecule is CCCc1c(OCc2ccc(C(=O)NCCCCn3ccnc3)cc2)ccc(C(C)=O)c1O. The molecule has 0 fully saturated rings. The first-order chi connectivity index (χ1) is 16.0. The molecule has 2 N–H and O–H groups in total. The first kappa shape index (κ1) is 24.0. The van der Waals surface area contributed by atoms with E-state index in [1.165, 1.54) is 6.92 Å². The number of nitrogens with one attached hydrogen (secondary N) is 1. The number of aromatic hydroxyl groups is 1. The Hall–Kier alpha value is -3.61. The van der Waals surface area contributed by atoms with Gasteiger partial charge in [-0.2, -0.15) is 0 Å². The van der Waals surface area contributed by atoms with Gasteiger partial charge in [-0.3, -0.25) is 9.59 Å². The van der Waals surface area contributed by atoms with Crippen LogP contribution in [-0.2, 0) is 19.6 Å². The van der Waals surface area contributed by atoms with Crippen LogP contribution in [0.5, 0.6) is 11.5 Å². The molecule has 0 radical (unpaired) electrons. The predicted molar refractivity (Wildman–Crippen MR) is 127 cm³/mol. The van der Waals surface area contributed by atoms with Gasteiger partial charge in [0.1, 0.15) is 18.1 Å². The van der Waals surface area contributed by atoms with Crippen LogP contribution in [0.15, 0.2) is 55.1 Å². The highest BCUT2D eigenvalue weighted by atomic mass is 16.5. The molecule has 7 nitrogen and oxygen atoms in total. The van der Waals surface area contributed by atoms with E-state index in [4.69, 9.17) is 4.74 Å². The van der Waals surface area contributed by atoms with Crippen LogP contribution in [0, 0.1) is 0 Å². The number of hydrogen-bond acceptors (Lipinski definition) is 5. The number of aromatic nitrogens is 2. The van der Waals surface area contributed by atoms with Crippen LogP contribution in [0.1, 0.15) is 65.0 Å². The summed E-state index contributed by atoms with van der Waals surface area (Å²) in [4.78, 5) is 28.1. The minimum atomic E-state index is -0.177. The quantitative estimate of drug-likeness (QED) is 0.313. The molecule has 0 unspecified atom stereocenters. The van der Waals surface area contributed by atoms with Crippen LogP contribution < -0.4 is 10.1 Å². The van der Waals surface area contributed by atoms with Crippen LogP contribution in [0.25, 0.3) is 0 Å². The Bertz CT molecular complexity index is 1060. The number of amides is 1. The Balaban J connectivity index is 1.50. The van der Waals surface area contributed by atoms with Gasteiger partial charge >= 0.3 is 0 Å². The van der Waals surface area contributed by atoms with Gasteiger partial charge in [-0.15, -0.1) is 0 Å². The van der Waals surface area contributed by atoms with Crippen LogP contribution in [0.2, 0.25) is 0 Å². The number of hydrogen-bond donors (Lipinski definition) is 2. The number of Topliss-reactive ketones (excluding diaryl/α,β-unsaturated/α-hetero) is 1. The van der Waals surface area contributed by atoms with Gasteiger partial charge in [-0.1, -0.05) is 25.5 Å². The number of nitrogens with zero attached hydrogens (tertiary/aromatic N) is 2. The molecule has 1 aromatic heterocycles. The van der Waals surface area contributed by atoms with E-state index in [9.17, 15) is 14.7 Å². The number of phenols is 1. The molecule has 3 rings (SSSR count). The van der Waals surface area contributed by atoms with E-state index in [2.05, 4.69) is 10.3 Å². The molecule has 0 spiro atoms. The van der Waals surface area contributed by atoms with Crippen molar-refractivity contribution in [3.8, 4) is 11.5 Å². The first-order valence-corrected chi connectivity index (χ1v) is 11.3. The van der Waals surface area contributed by atoms with Gasteiger partial charge in [0.25, 0.3) is 5.91 Å². The molecule has 0 bridgehead atoms. The highest BCUT2D eigenvalue weighted by Gasteiger charge is 2.16. The maximum atomic E-state index is 12.4. The van der Waals surface area contributed by atoms with E-state index in [1.807, 2.05) is 29.8 Å². The fourth-order valence-electron chi connectivity index (χ4n) is 3.58. The van der Waals surface area contributed by atoms with Crippen molar-refractivity contribution in [2.75, 3.05) is 6.54 Å². The number of carbonyl (C=O) groups is 2. The van der Waals surface area contributed by atoms with E-state index in [-0.39, 0.29) is 17.4 Å². The third kappa shape index (κ3) is 6.68. The summed E-state index contributed by atoms with van der Waals surface area (Å²) in [6.07, 6.45) is 8.77. The number of aryl methyl sites for hydroxylation is 1. The highest BCUT2D eigenvalue weighted by Crippen LogP contribution is 2.33. The van der Waals surface area contributed by atoms with Gasteiger partial charge < -0.3 is 19.7 Å². The molecule has 1 heterocycles. The van der Waals surface area contributed by atoms with E-state index < -0.39 is 0 Å². The van der Waals surface area contributed by atoms with Gasteiger partial charge in [0.15, 0.2) is 5.78 Å². The average Bonchev–Trinajstić information content (AvgIpc) is 3.33. The van der Waals surface area contributed by atoms with Crippen LogP contribution in [0.3, 0.4) is 0 Å². The van der Waals surface area contributed by atoms with Gasteiger partial charge in [-0.25, -0.2) is 4.98 Å². The second-order valence-electron chi connectivity index (χ2n) is 7.99. The summed E-state index contributed by atoms with van der Waals surface area (Å²) < 4.78 is 7.96. The van der Waals surface area contributed by atoms with Crippen molar-refractivity contribution in [2.45, 2.75) is 52.7 Å². The predicted octanol–water partition coefficient (Wildman–Crippen LogP) is 4.53. The van der Waals surface area contributed by atoms with Crippen molar-refractivity contribution in [3.63, 3.8) is 0 Å². The third-order valence-electron chi connectivity index (χ3n) is 5.42. The Morgan fingerprint density at radius 2 is 1.91 bits per heavy atom. The summed E-state index contributed by atoms with van der Waals surface area (Å²) in [6, 6.07) is 10.6. The fraction of sp³-hybridized carbons (Fsp3) is 0.346. The number of imidazole rings is 1. The zero-order chi connectivity index (χ0) is 23.6. The second-order valence-corrected chi connectivity index (χ2v) is 7.99. The number of ketones is 1. The van der Waals surface area contributed by atoms with E-state index in [0.29, 0.717) is 42.0 Å². The summed E-state index contributed by atoms with van der Waals surface area (Å²) in [5, 5.41) is 13.4. The van der Waals surface area contributed by atoms with Crippen LogP contribution >= 0.6 is 0 Å². The average molecular weight is 450 g/mol. The van der Waals surface area contributed by atoms with E-state index >= 15 is 0 Å². The summed E-state index contributed by atoms with van der Waals surface area (Å²) in [5.74, 6) is 0.291. The van der Waals surface area contributed by atoms with E-state index in [0.717, 1.165) is 31.4 Å². The lowest BCUT2D eigenvalue weighted by Crippen LogP contribution is -2.24. The van der Waals surface area contributed by atoms with E-state index in [1.54, 1.807) is 36.8 Å². The number of phenolic OH excluding ortho intramolecular Hbond substituents is 1. The zero-order valence-corrected chi connectivity index (χ0v) is 19.2. The molecule has 0 saturated heterocycles. The molecule has 174 valence electrons. The first-order valence-electron chi connectivity index (χ1n) is 11.3. The van der Waals surface area contributed by atoms with Crippen molar-refractivity contribution in [2.24, 2.45) is 0 Å². The van der Waals surface area contributed by atoms with Gasteiger partial charge in [-0.05, 0) is 56.0 Å². The Morgan fingerprint density at radius 3 is 2.58 bits per heavy atom. The molecule has 7 heteroatoms. The monoisotopic (exact) mass is 449 g/mol. The summed E-state index contributed by atoms with van der Waals surface area (Å²) in [7, 11) is 0. The summed E-state index contributed by atoms with van der Waals surface area (Å²) in [5.41, 5.74) is 2.46. The topological polar surface area (TPSA) is 93.5 Å². The number of carbonyl (C=O) groups excluding carboxylic acids is 2. The molecule has 3 aromatic rings. The maximum Gasteiger partial charge on any atom is 0.251 e. The molecule has 33 heavy (non-hydrogen) atoms. The fourth-order valence-corrected chi connectivity index (χ4v) is 3.58. The van der Waals surface area contributed by atoms with Crippen molar-refractivity contribution in [3.05, 3.63) is 77.4 Å². The Kier molecular flexibility index (Phi) is 8.63. The lowest BCUT2D eigenvalue weighted by atomic mass is 10.0.